The number of unbranched alkanes of at least 4 members (excludes halogenated alkanes) is 1. The third-order valence-electron chi connectivity index (χ3n) is 4.19. The van der Waals surface area contributed by atoms with E-state index in [1.807, 2.05) is 0 Å². The predicted molar refractivity (Wildman–Crippen MR) is 79.9 cm³/mol. The fourth-order valence-electron chi connectivity index (χ4n) is 2.86. The molecule has 118 valence electrons. The van der Waals surface area contributed by atoms with Crippen LogP contribution in [0.25, 0.3) is 0 Å². The van der Waals surface area contributed by atoms with Crippen LogP contribution < -0.4 is 4.74 Å². The van der Waals surface area contributed by atoms with Gasteiger partial charge in [-0.1, -0.05) is 26.2 Å². The Balaban J connectivity index is 1.79. The van der Waals surface area contributed by atoms with Gasteiger partial charge in [0.25, 0.3) is 6.43 Å². The van der Waals surface area contributed by atoms with Gasteiger partial charge < -0.3 is 4.74 Å². The van der Waals surface area contributed by atoms with E-state index in [0.717, 1.165) is 42.9 Å². The van der Waals surface area contributed by atoms with Gasteiger partial charge in [-0.15, -0.1) is 11.3 Å². The van der Waals surface area contributed by atoms with Crippen molar-refractivity contribution in [2.75, 3.05) is 0 Å². The van der Waals surface area contributed by atoms with Crippen LogP contribution in [-0.4, -0.2) is 5.97 Å². The van der Waals surface area contributed by atoms with Crippen molar-refractivity contribution in [3.63, 3.8) is 0 Å². The Morgan fingerprint density at radius 3 is 2.67 bits per heavy atom. The zero-order valence-electron chi connectivity index (χ0n) is 12.3. The van der Waals surface area contributed by atoms with E-state index in [0.29, 0.717) is 0 Å². The fraction of sp³-hybridized carbons (Fsp3) is 0.688. The summed E-state index contributed by atoms with van der Waals surface area (Å²) in [6, 6.07) is 1.26. The van der Waals surface area contributed by atoms with Crippen molar-refractivity contribution in [1.29, 1.82) is 0 Å². The molecule has 0 unspecified atom stereocenters. The Bertz CT molecular complexity index is 451. The highest BCUT2D eigenvalue weighted by molar-refractivity contribution is 7.12. The molecule has 5 heteroatoms. The molecule has 21 heavy (non-hydrogen) atoms. The third-order valence-corrected chi connectivity index (χ3v) is 5.02. The predicted octanol–water partition coefficient (Wildman–Crippen LogP) is 5.59. The van der Waals surface area contributed by atoms with Crippen LogP contribution in [0.1, 0.15) is 63.9 Å². The minimum Gasteiger partial charge on any atom is -0.415 e. The number of hydrogen-bond acceptors (Lipinski definition) is 3. The van der Waals surface area contributed by atoms with E-state index < -0.39 is 6.43 Å². The molecule has 1 aliphatic carbocycles. The summed E-state index contributed by atoms with van der Waals surface area (Å²) in [7, 11) is 0. The molecule has 0 bridgehead atoms. The normalized spacial score (nSPS) is 22.5. The van der Waals surface area contributed by atoms with Crippen LogP contribution in [0.15, 0.2) is 11.4 Å². The second-order valence-corrected chi connectivity index (χ2v) is 6.65. The van der Waals surface area contributed by atoms with E-state index in [-0.39, 0.29) is 22.5 Å². The molecule has 2 rings (SSSR count). The maximum Gasteiger partial charge on any atom is 0.315 e. The minimum absolute atomic E-state index is 0.0695. The zero-order valence-corrected chi connectivity index (χ0v) is 13.1. The first-order valence-corrected chi connectivity index (χ1v) is 8.56. The van der Waals surface area contributed by atoms with Crippen molar-refractivity contribution < 1.29 is 18.3 Å². The Kier molecular flexibility index (Phi) is 6.15. The standard InChI is InChI=1S/C16H22F2O2S/c1-2-3-4-11-5-7-12(8-6-11)16(19)20-14-9-13(10-21-14)15(17)18/h9-12,15H,2-8H2,1H3. The van der Waals surface area contributed by atoms with Gasteiger partial charge in [-0.2, -0.15) is 0 Å². The Labute approximate surface area is 128 Å². The molecule has 2 nitrogen and oxygen atoms in total. The molecule has 1 aliphatic rings. The topological polar surface area (TPSA) is 26.3 Å². The smallest absolute Gasteiger partial charge is 0.315 e. The molecule has 0 N–H and O–H groups in total. The van der Waals surface area contributed by atoms with Crippen LogP contribution in [0.2, 0.25) is 0 Å². The number of alkyl halides is 2. The van der Waals surface area contributed by atoms with Crippen molar-refractivity contribution in [3.8, 4) is 5.06 Å². The summed E-state index contributed by atoms with van der Waals surface area (Å²) in [5.74, 6) is 0.410. The number of ether oxygens (including phenoxy) is 1. The Hall–Kier alpha value is -0.970. The van der Waals surface area contributed by atoms with E-state index in [2.05, 4.69) is 6.92 Å². The van der Waals surface area contributed by atoms with E-state index >= 15 is 0 Å². The second-order valence-electron chi connectivity index (χ2n) is 5.78. The van der Waals surface area contributed by atoms with Crippen molar-refractivity contribution >= 4 is 17.3 Å². The average Bonchev–Trinajstić information content (AvgIpc) is 2.94. The quantitative estimate of drug-likeness (QED) is 0.640. The molecule has 0 amide bonds. The van der Waals surface area contributed by atoms with Gasteiger partial charge in [-0.3, -0.25) is 4.79 Å². The van der Waals surface area contributed by atoms with Gasteiger partial charge >= 0.3 is 5.97 Å². The van der Waals surface area contributed by atoms with E-state index in [1.165, 1.54) is 30.7 Å². The van der Waals surface area contributed by atoms with Crippen molar-refractivity contribution in [3.05, 3.63) is 17.0 Å². The molecule has 0 radical (unpaired) electrons. The monoisotopic (exact) mass is 316 g/mol. The molecule has 0 aromatic carbocycles. The summed E-state index contributed by atoms with van der Waals surface area (Å²) in [5.41, 5.74) is -0.0777. The maximum absolute atomic E-state index is 12.5. The van der Waals surface area contributed by atoms with Crippen LogP contribution in [0.5, 0.6) is 5.06 Å². The van der Waals surface area contributed by atoms with Crippen LogP contribution in [0, 0.1) is 11.8 Å². The number of rotatable bonds is 6. The van der Waals surface area contributed by atoms with Crippen molar-refractivity contribution in [1.82, 2.24) is 0 Å². The molecule has 0 atom stereocenters. The third kappa shape index (κ3) is 4.77. The Morgan fingerprint density at radius 1 is 1.38 bits per heavy atom. The first-order chi connectivity index (χ1) is 10.1. The molecule has 1 fully saturated rings. The highest BCUT2D eigenvalue weighted by Gasteiger charge is 2.27. The molecule has 1 aromatic heterocycles. The van der Waals surface area contributed by atoms with Gasteiger partial charge in [0.2, 0.25) is 0 Å². The minimum atomic E-state index is -2.51. The molecular weight excluding hydrogens is 294 g/mol. The number of carbonyl (C=O) groups is 1. The summed E-state index contributed by atoms with van der Waals surface area (Å²) in [5, 5.41) is 1.62. The van der Waals surface area contributed by atoms with Gasteiger partial charge in [-0.05, 0) is 31.6 Å². The number of halogens is 2. The summed E-state index contributed by atoms with van der Waals surface area (Å²) < 4.78 is 30.2. The van der Waals surface area contributed by atoms with Crippen LogP contribution in [-0.2, 0) is 4.79 Å². The molecule has 0 saturated heterocycles. The molecule has 1 aromatic rings. The molecule has 0 spiro atoms. The van der Waals surface area contributed by atoms with Gasteiger partial charge in [0.15, 0.2) is 5.06 Å². The lowest BCUT2D eigenvalue weighted by molar-refractivity contribution is -0.140. The second kappa shape index (κ2) is 7.87. The molecule has 1 saturated carbocycles. The lowest BCUT2D eigenvalue weighted by atomic mass is 9.80. The summed E-state index contributed by atoms with van der Waals surface area (Å²) in [6.07, 6.45) is 5.08. The van der Waals surface area contributed by atoms with Crippen LogP contribution >= 0.6 is 11.3 Å². The number of thiophene rings is 1. The summed E-state index contributed by atoms with van der Waals surface area (Å²) >= 11 is 1.06. The number of carbonyl (C=O) groups excluding carboxylic acids is 1. The average molecular weight is 316 g/mol. The van der Waals surface area contributed by atoms with Gasteiger partial charge in [0, 0.05) is 17.0 Å². The van der Waals surface area contributed by atoms with Crippen LogP contribution in [0.4, 0.5) is 8.78 Å². The highest BCUT2D eigenvalue weighted by Crippen LogP contribution is 2.34. The van der Waals surface area contributed by atoms with Crippen molar-refractivity contribution in [2.24, 2.45) is 11.8 Å². The van der Waals surface area contributed by atoms with Gasteiger partial charge in [-0.25, -0.2) is 8.78 Å². The van der Waals surface area contributed by atoms with E-state index in [9.17, 15) is 13.6 Å². The molecular formula is C16H22F2O2S. The summed E-state index contributed by atoms with van der Waals surface area (Å²) in [6.45, 7) is 2.19. The first kappa shape index (κ1) is 16.4. The van der Waals surface area contributed by atoms with Gasteiger partial charge in [0.1, 0.15) is 0 Å². The van der Waals surface area contributed by atoms with Gasteiger partial charge in [0.05, 0.1) is 5.92 Å². The summed E-state index contributed by atoms with van der Waals surface area (Å²) in [4.78, 5) is 12.1. The van der Waals surface area contributed by atoms with Crippen molar-refractivity contribution in [2.45, 2.75) is 58.3 Å². The van der Waals surface area contributed by atoms with E-state index in [4.69, 9.17) is 4.74 Å². The van der Waals surface area contributed by atoms with E-state index in [1.54, 1.807) is 0 Å². The van der Waals surface area contributed by atoms with Crippen LogP contribution in [0.3, 0.4) is 0 Å². The Morgan fingerprint density at radius 2 is 2.10 bits per heavy atom. The lowest BCUT2D eigenvalue weighted by Crippen LogP contribution is -2.25. The molecule has 1 heterocycles. The highest BCUT2D eigenvalue weighted by atomic mass is 32.1. The largest absolute Gasteiger partial charge is 0.415 e. The SMILES string of the molecule is CCCCC1CCC(C(=O)Oc2cc(C(F)F)cs2)CC1. The lowest BCUT2D eigenvalue weighted by Gasteiger charge is -2.26. The number of hydrogen-bond donors (Lipinski definition) is 0. The zero-order chi connectivity index (χ0) is 15.2. The first-order valence-electron chi connectivity index (χ1n) is 7.68. The number of esters is 1. The maximum atomic E-state index is 12.5. The molecule has 0 aliphatic heterocycles. The fourth-order valence-corrected chi connectivity index (χ4v) is 3.62.